The lowest BCUT2D eigenvalue weighted by Gasteiger charge is -2.18. The first kappa shape index (κ1) is 73.6. The molecule has 6 heteroatoms. The van der Waals surface area contributed by atoms with Gasteiger partial charge in [0.05, 0.1) is 0 Å². The SMILES string of the molecule is CCCCCCC/C=C\C/C=C\C/C=C\CCCCCCCCCCCCCCCCCCC(=O)OCC(COC(=O)CCCCCCCCCCC)OC(=O)CCCCCCCCCCCCCCCCCCCC. The number of allylic oxidation sites excluding steroid dienone is 6. The van der Waals surface area contributed by atoms with Crippen molar-refractivity contribution in [2.24, 2.45) is 0 Å². The molecule has 0 N–H and O–H groups in total. The first-order chi connectivity index (χ1) is 37.5. The number of hydrogen-bond acceptors (Lipinski definition) is 6. The monoisotopic (exact) mass is 1070 g/mol. The normalized spacial score (nSPS) is 12.2. The lowest BCUT2D eigenvalue weighted by atomic mass is 10.0. The van der Waals surface area contributed by atoms with Gasteiger partial charge >= 0.3 is 17.9 Å². The summed E-state index contributed by atoms with van der Waals surface area (Å²) in [7, 11) is 0. The Hall–Kier alpha value is -2.37. The molecule has 1 atom stereocenters. The number of ether oxygens (including phenoxy) is 3. The quantitative estimate of drug-likeness (QED) is 0.0261. The number of carbonyl (C=O) groups is 3. The molecule has 6 nitrogen and oxygen atoms in total. The highest BCUT2D eigenvalue weighted by molar-refractivity contribution is 5.71. The van der Waals surface area contributed by atoms with Crippen LogP contribution in [0.1, 0.15) is 374 Å². The molecule has 76 heavy (non-hydrogen) atoms. The molecule has 1 unspecified atom stereocenters. The lowest BCUT2D eigenvalue weighted by Crippen LogP contribution is -2.30. The first-order valence-corrected chi connectivity index (χ1v) is 34.0. The number of rotatable bonds is 63. The van der Waals surface area contributed by atoms with E-state index in [1.54, 1.807) is 0 Å². The van der Waals surface area contributed by atoms with Crippen molar-refractivity contribution in [3.63, 3.8) is 0 Å². The van der Waals surface area contributed by atoms with Gasteiger partial charge in [0.2, 0.25) is 0 Å². The molecule has 0 aliphatic carbocycles. The Morgan fingerprint density at radius 3 is 0.737 bits per heavy atom. The third kappa shape index (κ3) is 62.5. The molecule has 0 aliphatic heterocycles. The van der Waals surface area contributed by atoms with E-state index in [-0.39, 0.29) is 31.1 Å². The fourth-order valence-electron chi connectivity index (χ4n) is 10.3. The predicted molar refractivity (Wildman–Crippen MR) is 330 cm³/mol. The fourth-order valence-corrected chi connectivity index (χ4v) is 10.3. The molecule has 446 valence electrons. The summed E-state index contributed by atoms with van der Waals surface area (Å²) in [6, 6.07) is 0. The number of carbonyl (C=O) groups excluding carboxylic acids is 3. The molecule has 0 aromatic heterocycles. The van der Waals surface area contributed by atoms with Crippen LogP contribution < -0.4 is 0 Å². The summed E-state index contributed by atoms with van der Waals surface area (Å²) in [5.41, 5.74) is 0. The molecule has 0 rings (SSSR count). The van der Waals surface area contributed by atoms with Gasteiger partial charge in [0.15, 0.2) is 6.10 Å². The van der Waals surface area contributed by atoms with Crippen LogP contribution in [0.25, 0.3) is 0 Å². The van der Waals surface area contributed by atoms with Gasteiger partial charge in [-0.3, -0.25) is 14.4 Å². The zero-order valence-electron chi connectivity index (χ0n) is 51.3. The van der Waals surface area contributed by atoms with E-state index in [0.717, 1.165) is 70.6 Å². The van der Waals surface area contributed by atoms with Crippen LogP contribution in [0, 0.1) is 0 Å². The Balaban J connectivity index is 4.07. The molecule has 0 amide bonds. The standard InChI is InChI=1S/C70H130O6/c1-4-7-10-13-16-19-21-23-25-27-29-30-31-32-33-34-35-36-37-38-39-40-41-43-44-46-48-51-54-57-60-63-69(72)75-66-67(65-74-68(71)62-59-56-53-50-18-15-12-9-6-3)76-70(73)64-61-58-55-52-49-47-45-42-28-26-24-22-20-17-14-11-8-5-2/h21,23,27,29,31-32,67H,4-20,22,24-26,28,30,33-66H2,1-3H3/b23-21-,29-27-,32-31-. The maximum Gasteiger partial charge on any atom is 0.306 e. The summed E-state index contributed by atoms with van der Waals surface area (Å²) in [5, 5.41) is 0. The van der Waals surface area contributed by atoms with E-state index < -0.39 is 6.10 Å². The van der Waals surface area contributed by atoms with Crippen molar-refractivity contribution < 1.29 is 28.6 Å². The summed E-state index contributed by atoms with van der Waals surface area (Å²) in [5.74, 6) is -0.842. The first-order valence-electron chi connectivity index (χ1n) is 34.0. The van der Waals surface area contributed by atoms with E-state index in [9.17, 15) is 14.4 Å². The van der Waals surface area contributed by atoms with E-state index >= 15 is 0 Å². The van der Waals surface area contributed by atoms with Crippen molar-refractivity contribution in [2.45, 2.75) is 380 Å². The van der Waals surface area contributed by atoms with Crippen molar-refractivity contribution in [3.8, 4) is 0 Å². The second kappa shape index (κ2) is 65.2. The van der Waals surface area contributed by atoms with E-state index in [2.05, 4.69) is 57.2 Å². The Kier molecular flexibility index (Phi) is 63.1. The van der Waals surface area contributed by atoms with Crippen LogP contribution in [-0.4, -0.2) is 37.2 Å². The van der Waals surface area contributed by atoms with Crippen molar-refractivity contribution in [1.82, 2.24) is 0 Å². The Bertz CT molecular complexity index is 1270. The van der Waals surface area contributed by atoms with E-state index in [1.807, 2.05) is 0 Å². The molecule has 0 saturated heterocycles. The molecule has 0 aromatic rings. The summed E-state index contributed by atoms with van der Waals surface area (Å²) < 4.78 is 16.9. The van der Waals surface area contributed by atoms with Gasteiger partial charge < -0.3 is 14.2 Å². The van der Waals surface area contributed by atoms with Crippen LogP contribution in [0.4, 0.5) is 0 Å². The summed E-state index contributed by atoms with van der Waals surface area (Å²) in [6.07, 6.45) is 80.4. The second-order valence-electron chi connectivity index (χ2n) is 23.1. The van der Waals surface area contributed by atoms with Crippen LogP contribution in [0.5, 0.6) is 0 Å². The highest BCUT2D eigenvalue weighted by Crippen LogP contribution is 2.18. The molecule has 0 aliphatic rings. The average Bonchev–Trinajstić information content (AvgIpc) is 3.42. The predicted octanol–water partition coefficient (Wildman–Crippen LogP) is 23.2. The van der Waals surface area contributed by atoms with Gasteiger partial charge in [-0.25, -0.2) is 0 Å². The van der Waals surface area contributed by atoms with Crippen LogP contribution in [-0.2, 0) is 28.6 Å². The number of unbranched alkanes of at least 4 members (excludes halogenated alkanes) is 46. The smallest absolute Gasteiger partial charge is 0.306 e. The molecular weight excluding hydrogens is 937 g/mol. The minimum Gasteiger partial charge on any atom is -0.462 e. The number of esters is 3. The largest absolute Gasteiger partial charge is 0.462 e. The Morgan fingerprint density at radius 1 is 0.263 bits per heavy atom. The third-order valence-electron chi connectivity index (χ3n) is 15.4. The Morgan fingerprint density at radius 2 is 0.474 bits per heavy atom. The van der Waals surface area contributed by atoms with Crippen molar-refractivity contribution in [2.75, 3.05) is 13.2 Å². The molecular formula is C70H130O6. The molecule has 0 spiro atoms. The van der Waals surface area contributed by atoms with E-state index in [1.165, 1.54) is 263 Å². The molecule has 0 aromatic carbocycles. The highest BCUT2D eigenvalue weighted by Gasteiger charge is 2.19. The summed E-state index contributed by atoms with van der Waals surface area (Å²) >= 11 is 0. The topological polar surface area (TPSA) is 78.9 Å². The minimum absolute atomic E-state index is 0.0655. The molecule has 0 heterocycles. The van der Waals surface area contributed by atoms with Crippen LogP contribution >= 0.6 is 0 Å². The average molecular weight is 1070 g/mol. The van der Waals surface area contributed by atoms with Gasteiger partial charge in [-0.15, -0.1) is 0 Å². The van der Waals surface area contributed by atoms with Crippen molar-refractivity contribution in [3.05, 3.63) is 36.5 Å². The summed E-state index contributed by atoms with van der Waals surface area (Å²) in [6.45, 7) is 6.67. The highest BCUT2D eigenvalue weighted by atomic mass is 16.6. The van der Waals surface area contributed by atoms with Gasteiger partial charge in [-0.1, -0.05) is 333 Å². The molecule has 0 bridgehead atoms. The van der Waals surface area contributed by atoms with Gasteiger partial charge in [-0.2, -0.15) is 0 Å². The minimum atomic E-state index is -0.766. The summed E-state index contributed by atoms with van der Waals surface area (Å²) in [4.78, 5) is 38.2. The second-order valence-corrected chi connectivity index (χ2v) is 23.1. The van der Waals surface area contributed by atoms with Crippen LogP contribution in [0.15, 0.2) is 36.5 Å². The molecule has 0 fully saturated rings. The van der Waals surface area contributed by atoms with Gasteiger partial charge in [0.25, 0.3) is 0 Å². The Labute approximate surface area is 474 Å². The lowest BCUT2D eigenvalue weighted by molar-refractivity contribution is -0.167. The van der Waals surface area contributed by atoms with E-state index in [4.69, 9.17) is 14.2 Å². The van der Waals surface area contributed by atoms with Crippen molar-refractivity contribution >= 4 is 17.9 Å². The van der Waals surface area contributed by atoms with Gasteiger partial charge in [-0.05, 0) is 57.8 Å². The third-order valence-corrected chi connectivity index (χ3v) is 15.4. The zero-order valence-corrected chi connectivity index (χ0v) is 51.3. The fraction of sp³-hybridized carbons (Fsp3) is 0.871. The van der Waals surface area contributed by atoms with Gasteiger partial charge in [0.1, 0.15) is 13.2 Å². The maximum atomic E-state index is 12.9. The molecule has 0 radical (unpaired) electrons. The van der Waals surface area contributed by atoms with Gasteiger partial charge in [0, 0.05) is 19.3 Å². The van der Waals surface area contributed by atoms with Crippen LogP contribution in [0.2, 0.25) is 0 Å². The van der Waals surface area contributed by atoms with Crippen LogP contribution in [0.3, 0.4) is 0 Å². The number of hydrogen-bond donors (Lipinski definition) is 0. The zero-order chi connectivity index (χ0) is 55.0. The maximum absolute atomic E-state index is 12.9. The molecule has 0 saturated carbocycles. The van der Waals surface area contributed by atoms with E-state index in [0.29, 0.717) is 19.3 Å². The van der Waals surface area contributed by atoms with Crippen molar-refractivity contribution in [1.29, 1.82) is 0 Å².